The molecule has 1 heterocycles. The predicted molar refractivity (Wildman–Crippen MR) is 112 cm³/mol. The molecule has 0 aliphatic rings. The summed E-state index contributed by atoms with van der Waals surface area (Å²) in [6, 6.07) is 9.21. The standard InChI is InChI=1S/C22H22N2O7/c1-13-6-7-16(11-14(13)2)21(26)15(3)30-20(25)5-4-10-23-18-9-8-17(24(28)29)12-19(18)31-22(23)27/h6-9,11-12,15H,4-5,10H2,1-3H3. The van der Waals surface area contributed by atoms with Crippen LogP contribution >= 0.6 is 0 Å². The number of fused-ring (bicyclic) bond motifs is 1. The van der Waals surface area contributed by atoms with Gasteiger partial charge in [0.1, 0.15) is 0 Å². The number of aromatic nitrogens is 1. The van der Waals surface area contributed by atoms with Gasteiger partial charge in [-0.1, -0.05) is 12.1 Å². The minimum Gasteiger partial charge on any atom is -0.454 e. The molecule has 1 unspecified atom stereocenters. The Morgan fingerprint density at radius 2 is 1.90 bits per heavy atom. The van der Waals surface area contributed by atoms with Gasteiger partial charge < -0.3 is 9.15 Å². The summed E-state index contributed by atoms with van der Waals surface area (Å²) in [5.41, 5.74) is 2.86. The van der Waals surface area contributed by atoms with Gasteiger partial charge in [-0.2, -0.15) is 0 Å². The van der Waals surface area contributed by atoms with E-state index in [9.17, 15) is 24.5 Å². The number of aryl methyl sites for hydroxylation is 3. The molecule has 0 aliphatic carbocycles. The zero-order valence-corrected chi connectivity index (χ0v) is 17.4. The third kappa shape index (κ3) is 4.88. The number of hydrogen-bond acceptors (Lipinski definition) is 7. The van der Waals surface area contributed by atoms with Gasteiger partial charge in [-0.25, -0.2) is 4.79 Å². The van der Waals surface area contributed by atoms with E-state index in [1.807, 2.05) is 19.9 Å². The summed E-state index contributed by atoms with van der Waals surface area (Å²) in [6.45, 7) is 5.54. The normalized spacial score (nSPS) is 12.0. The number of nitrogens with zero attached hydrogens (tertiary/aromatic N) is 2. The smallest absolute Gasteiger partial charge is 0.419 e. The summed E-state index contributed by atoms with van der Waals surface area (Å²) in [5.74, 6) is -1.50. The summed E-state index contributed by atoms with van der Waals surface area (Å²) in [5, 5.41) is 10.8. The number of ketones is 1. The molecule has 31 heavy (non-hydrogen) atoms. The Morgan fingerprint density at radius 3 is 2.58 bits per heavy atom. The molecule has 0 radical (unpaired) electrons. The minimum atomic E-state index is -0.923. The van der Waals surface area contributed by atoms with Gasteiger partial charge in [-0.05, 0) is 50.5 Å². The molecule has 0 bridgehead atoms. The van der Waals surface area contributed by atoms with Gasteiger partial charge in [0.15, 0.2) is 11.7 Å². The second-order valence-electron chi connectivity index (χ2n) is 7.33. The molecule has 1 aromatic heterocycles. The zero-order chi connectivity index (χ0) is 22.7. The summed E-state index contributed by atoms with van der Waals surface area (Å²) in [6.07, 6.45) is -0.654. The highest BCUT2D eigenvalue weighted by atomic mass is 16.6. The van der Waals surface area contributed by atoms with Gasteiger partial charge >= 0.3 is 11.7 Å². The maximum atomic E-state index is 12.5. The van der Waals surface area contributed by atoms with Crippen molar-refractivity contribution in [2.45, 2.75) is 46.3 Å². The molecule has 9 heteroatoms. The van der Waals surface area contributed by atoms with E-state index in [4.69, 9.17) is 9.15 Å². The van der Waals surface area contributed by atoms with Crippen LogP contribution in [0.15, 0.2) is 45.6 Å². The molecular weight excluding hydrogens is 404 g/mol. The lowest BCUT2D eigenvalue weighted by Crippen LogP contribution is -2.25. The topological polar surface area (TPSA) is 122 Å². The van der Waals surface area contributed by atoms with Crippen molar-refractivity contribution in [1.29, 1.82) is 0 Å². The van der Waals surface area contributed by atoms with Crippen LogP contribution in [0.25, 0.3) is 11.1 Å². The molecule has 0 saturated heterocycles. The van der Waals surface area contributed by atoms with Crippen molar-refractivity contribution in [3.63, 3.8) is 0 Å². The number of oxazole rings is 1. The molecule has 2 aromatic carbocycles. The van der Waals surface area contributed by atoms with E-state index in [1.54, 1.807) is 12.1 Å². The van der Waals surface area contributed by atoms with E-state index in [2.05, 4.69) is 0 Å². The first-order valence-corrected chi connectivity index (χ1v) is 9.76. The Labute approximate surface area is 177 Å². The number of ether oxygens (including phenoxy) is 1. The van der Waals surface area contributed by atoms with Crippen LogP contribution in [-0.4, -0.2) is 27.3 Å². The van der Waals surface area contributed by atoms with Crippen molar-refractivity contribution in [3.8, 4) is 0 Å². The van der Waals surface area contributed by atoms with Crippen LogP contribution in [0.4, 0.5) is 5.69 Å². The molecule has 1 atom stereocenters. The molecule has 3 rings (SSSR count). The molecule has 0 spiro atoms. The number of non-ortho nitro benzene ring substituents is 1. The number of Topliss-reactive ketones (excluding diaryl/α,β-unsaturated/α-hetero) is 1. The second-order valence-corrected chi connectivity index (χ2v) is 7.33. The van der Waals surface area contributed by atoms with Crippen molar-refractivity contribution in [2.75, 3.05) is 0 Å². The molecule has 3 aromatic rings. The lowest BCUT2D eigenvalue weighted by atomic mass is 10.0. The fourth-order valence-corrected chi connectivity index (χ4v) is 3.20. The van der Waals surface area contributed by atoms with Crippen LogP contribution < -0.4 is 5.76 Å². The second kappa shape index (κ2) is 8.95. The van der Waals surface area contributed by atoms with E-state index in [1.165, 1.54) is 29.7 Å². The maximum absolute atomic E-state index is 12.5. The third-order valence-electron chi connectivity index (χ3n) is 5.09. The number of carbonyl (C=O) groups excluding carboxylic acids is 2. The van der Waals surface area contributed by atoms with E-state index in [-0.39, 0.29) is 36.4 Å². The van der Waals surface area contributed by atoms with Crippen molar-refractivity contribution in [1.82, 2.24) is 4.57 Å². The lowest BCUT2D eigenvalue weighted by Gasteiger charge is -2.13. The Balaban J connectivity index is 1.58. The molecule has 0 saturated carbocycles. The van der Waals surface area contributed by atoms with Crippen molar-refractivity contribution >= 4 is 28.5 Å². The van der Waals surface area contributed by atoms with Crippen molar-refractivity contribution in [3.05, 3.63) is 73.8 Å². The quantitative estimate of drug-likeness (QED) is 0.233. The molecule has 0 fully saturated rings. The first-order chi connectivity index (χ1) is 14.7. The highest BCUT2D eigenvalue weighted by Gasteiger charge is 2.20. The fraction of sp³-hybridized carbons (Fsp3) is 0.318. The lowest BCUT2D eigenvalue weighted by molar-refractivity contribution is -0.384. The van der Waals surface area contributed by atoms with Crippen molar-refractivity contribution < 1.29 is 23.7 Å². The number of nitro groups is 1. The average Bonchev–Trinajstić information content (AvgIpc) is 3.03. The molecule has 0 amide bonds. The highest BCUT2D eigenvalue weighted by Crippen LogP contribution is 2.20. The molecule has 162 valence electrons. The van der Waals surface area contributed by atoms with Gasteiger partial charge in [-0.15, -0.1) is 0 Å². The minimum absolute atomic E-state index is 0.00333. The molecule has 0 N–H and O–H groups in total. The van der Waals surface area contributed by atoms with Crippen molar-refractivity contribution in [2.24, 2.45) is 0 Å². The van der Waals surface area contributed by atoms with Crippen LogP contribution in [0.2, 0.25) is 0 Å². The van der Waals surface area contributed by atoms with E-state index >= 15 is 0 Å². The summed E-state index contributed by atoms with van der Waals surface area (Å²) in [7, 11) is 0. The SMILES string of the molecule is Cc1ccc(C(=O)C(C)OC(=O)CCCn2c(=O)oc3cc([N+](=O)[O-])ccc32)cc1C. The number of nitro benzene ring substituents is 1. The summed E-state index contributed by atoms with van der Waals surface area (Å²) < 4.78 is 11.6. The van der Waals surface area contributed by atoms with E-state index < -0.39 is 22.8 Å². The monoisotopic (exact) mass is 426 g/mol. The van der Waals surface area contributed by atoms with Crippen LogP contribution in [0, 0.1) is 24.0 Å². The fourth-order valence-electron chi connectivity index (χ4n) is 3.20. The first kappa shape index (κ1) is 21.9. The van der Waals surface area contributed by atoms with Gasteiger partial charge in [0.25, 0.3) is 5.69 Å². The van der Waals surface area contributed by atoms with E-state index in [0.717, 1.165) is 11.1 Å². The van der Waals surface area contributed by atoms with Crippen LogP contribution in [-0.2, 0) is 16.1 Å². The van der Waals surface area contributed by atoms with Gasteiger partial charge in [0.05, 0.1) is 16.5 Å². The Hall–Kier alpha value is -3.75. The Bertz CT molecular complexity index is 1220. The molecule has 9 nitrogen and oxygen atoms in total. The number of carbonyl (C=O) groups is 2. The number of rotatable bonds is 8. The van der Waals surface area contributed by atoms with E-state index in [0.29, 0.717) is 11.1 Å². The van der Waals surface area contributed by atoms with Gasteiger partial charge in [0, 0.05) is 24.6 Å². The number of benzene rings is 2. The summed E-state index contributed by atoms with van der Waals surface area (Å²) >= 11 is 0. The number of hydrogen-bond donors (Lipinski definition) is 0. The van der Waals surface area contributed by atoms with Crippen LogP contribution in [0.3, 0.4) is 0 Å². The highest BCUT2D eigenvalue weighted by molar-refractivity contribution is 6.00. The Morgan fingerprint density at radius 1 is 1.16 bits per heavy atom. The number of esters is 1. The average molecular weight is 426 g/mol. The zero-order valence-electron chi connectivity index (χ0n) is 17.4. The largest absolute Gasteiger partial charge is 0.454 e. The third-order valence-corrected chi connectivity index (χ3v) is 5.09. The predicted octanol–water partition coefficient (Wildman–Crippen LogP) is 3.71. The Kier molecular flexibility index (Phi) is 6.33. The summed E-state index contributed by atoms with van der Waals surface area (Å²) in [4.78, 5) is 46.9. The molecular formula is C22H22N2O7. The maximum Gasteiger partial charge on any atom is 0.419 e. The van der Waals surface area contributed by atoms with Crippen LogP contribution in [0.5, 0.6) is 0 Å². The van der Waals surface area contributed by atoms with Gasteiger partial charge in [0.2, 0.25) is 5.78 Å². The first-order valence-electron chi connectivity index (χ1n) is 9.76. The van der Waals surface area contributed by atoms with Gasteiger partial charge in [-0.3, -0.25) is 24.3 Å². The van der Waals surface area contributed by atoms with Crippen LogP contribution in [0.1, 0.15) is 41.3 Å². The molecule has 0 aliphatic heterocycles.